The van der Waals surface area contributed by atoms with Crippen LogP contribution in [0.2, 0.25) is 0 Å². The molecule has 0 radical (unpaired) electrons. The van der Waals surface area contributed by atoms with Crippen LogP contribution in [0.5, 0.6) is 0 Å². The van der Waals surface area contributed by atoms with Crippen molar-refractivity contribution < 1.29 is 4.79 Å². The Hall–Kier alpha value is -2.32. The van der Waals surface area contributed by atoms with Crippen LogP contribution in [0.25, 0.3) is 0 Å². The van der Waals surface area contributed by atoms with Crippen molar-refractivity contribution >= 4 is 5.91 Å². The third-order valence-corrected chi connectivity index (χ3v) is 6.67. The minimum Gasteiger partial charge on any atom is -0.366 e. The first-order valence-corrected chi connectivity index (χ1v) is 11.1. The molecule has 30 heavy (non-hydrogen) atoms. The van der Waals surface area contributed by atoms with E-state index in [1.165, 1.54) is 24.0 Å². The summed E-state index contributed by atoms with van der Waals surface area (Å²) >= 11 is 0. The van der Waals surface area contributed by atoms with Crippen LogP contribution in [0.15, 0.2) is 30.0 Å². The Labute approximate surface area is 181 Å². The van der Waals surface area contributed by atoms with Crippen LogP contribution < -0.4 is 11.1 Å². The number of hydrogen-bond acceptors (Lipinski definition) is 4. The van der Waals surface area contributed by atoms with Gasteiger partial charge in [-0.2, -0.15) is 5.26 Å². The number of nitriles is 1. The van der Waals surface area contributed by atoms with Gasteiger partial charge >= 0.3 is 0 Å². The summed E-state index contributed by atoms with van der Waals surface area (Å²) in [6.07, 6.45) is 8.10. The summed E-state index contributed by atoms with van der Waals surface area (Å²) in [6, 6.07) is 8.58. The number of nitrogens with zero attached hydrogens (tertiary/aromatic N) is 2. The molecule has 5 heteroatoms. The van der Waals surface area contributed by atoms with Crippen molar-refractivity contribution in [3.8, 4) is 6.07 Å². The maximum absolute atomic E-state index is 13.0. The number of carbonyl (C=O) groups is 1. The summed E-state index contributed by atoms with van der Waals surface area (Å²) in [6.45, 7) is 10.4. The lowest BCUT2D eigenvalue weighted by atomic mass is 9.77. The van der Waals surface area contributed by atoms with Gasteiger partial charge < -0.3 is 16.0 Å². The zero-order valence-electron chi connectivity index (χ0n) is 19.1. The molecular weight excluding hydrogens is 372 g/mol. The van der Waals surface area contributed by atoms with E-state index in [9.17, 15) is 10.1 Å². The van der Waals surface area contributed by atoms with Crippen LogP contribution in [0, 0.1) is 11.3 Å². The minimum atomic E-state index is -0.329. The Morgan fingerprint density at radius 2 is 1.80 bits per heavy atom. The molecule has 2 aliphatic rings. The second-order valence-corrected chi connectivity index (χ2v) is 10.2. The zero-order chi connectivity index (χ0) is 22.1. The van der Waals surface area contributed by atoms with Crippen molar-refractivity contribution in [3.05, 3.63) is 46.7 Å². The average molecular weight is 409 g/mol. The number of piperidine rings is 1. The van der Waals surface area contributed by atoms with Crippen molar-refractivity contribution in [2.24, 2.45) is 5.73 Å². The van der Waals surface area contributed by atoms with Gasteiger partial charge in [-0.3, -0.25) is 4.79 Å². The molecule has 1 heterocycles. The lowest BCUT2D eigenvalue weighted by Crippen LogP contribution is -2.61. The van der Waals surface area contributed by atoms with E-state index in [1.54, 1.807) is 6.20 Å². The first-order chi connectivity index (χ1) is 14.0. The minimum absolute atomic E-state index is 0.114. The maximum atomic E-state index is 13.0. The molecule has 1 aromatic rings. The molecule has 1 aromatic carbocycles. The van der Waals surface area contributed by atoms with E-state index < -0.39 is 0 Å². The fourth-order valence-corrected chi connectivity index (χ4v) is 5.37. The van der Waals surface area contributed by atoms with Gasteiger partial charge in [0.2, 0.25) is 0 Å². The number of nitrogens with two attached hydrogens (primary N) is 1. The number of fused-ring (bicyclic) bond motifs is 1. The monoisotopic (exact) mass is 408 g/mol. The summed E-state index contributed by atoms with van der Waals surface area (Å²) in [5.74, 6) is -0.329. The Morgan fingerprint density at radius 1 is 1.20 bits per heavy atom. The van der Waals surface area contributed by atoms with Crippen LogP contribution in [0.1, 0.15) is 83.0 Å². The van der Waals surface area contributed by atoms with Crippen LogP contribution >= 0.6 is 0 Å². The van der Waals surface area contributed by atoms with E-state index in [4.69, 9.17) is 5.73 Å². The number of nitrogens with one attached hydrogen (secondary N) is 1. The smallest absolute Gasteiger partial charge is 0.263 e. The highest BCUT2D eigenvalue weighted by molar-refractivity contribution is 5.97. The molecule has 0 saturated carbocycles. The lowest BCUT2D eigenvalue weighted by molar-refractivity contribution is -0.117. The van der Waals surface area contributed by atoms with Crippen LogP contribution in [-0.4, -0.2) is 27.9 Å². The molecule has 1 fully saturated rings. The van der Waals surface area contributed by atoms with Gasteiger partial charge in [-0.1, -0.05) is 18.2 Å². The molecule has 1 amide bonds. The van der Waals surface area contributed by atoms with Crippen molar-refractivity contribution in [1.29, 1.82) is 5.26 Å². The topological polar surface area (TPSA) is 82.2 Å². The van der Waals surface area contributed by atoms with E-state index in [-0.39, 0.29) is 34.6 Å². The number of carbonyl (C=O) groups excluding carboxylic acids is 1. The molecule has 5 nitrogen and oxygen atoms in total. The number of aryl methyl sites for hydroxylation is 2. The molecule has 0 spiro atoms. The van der Waals surface area contributed by atoms with Crippen molar-refractivity contribution in [2.45, 2.75) is 96.3 Å². The summed E-state index contributed by atoms with van der Waals surface area (Å²) < 4.78 is 0. The number of benzene rings is 1. The molecule has 1 aliphatic heterocycles. The molecule has 1 unspecified atom stereocenters. The highest BCUT2D eigenvalue weighted by Crippen LogP contribution is 2.38. The van der Waals surface area contributed by atoms with E-state index >= 15 is 0 Å². The molecule has 0 bridgehead atoms. The van der Waals surface area contributed by atoms with Crippen molar-refractivity contribution in [2.75, 3.05) is 0 Å². The second-order valence-electron chi connectivity index (χ2n) is 10.2. The third kappa shape index (κ3) is 4.70. The molecule has 1 saturated heterocycles. The van der Waals surface area contributed by atoms with Gasteiger partial charge in [0.05, 0.1) is 6.04 Å². The predicted molar refractivity (Wildman–Crippen MR) is 121 cm³/mol. The van der Waals surface area contributed by atoms with Gasteiger partial charge in [-0.15, -0.1) is 0 Å². The Kier molecular flexibility index (Phi) is 6.29. The number of likely N-dealkylation sites (tertiary alicyclic amines) is 1. The first-order valence-electron chi connectivity index (χ1n) is 11.1. The summed E-state index contributed by atoms with van der Waals surface area (Å²) in [5.41, 5.74) is 9.84. The predicted octanol–water partition coefficient (Wildman–Crippen LogP) is 4.13. The van der Waals surface area contributed by atoms with E-state index in [0.717, 1.165) is 31.2 Å². The molecular formula is C25H36N4O. The fourth-order valence-electron chi connectivity index (χ4n) is 5.37. The zero-order valence-corrected chi connectivity index (χ0v) is 19.1. The molecule has 0 aromatic heterocycles. The molecule has 3 N–H and O–H groups in total. The van der Waals surface area contributed by atoms with Crippen LogP contribution in [0.3, 0.4) is 0 Å². The Morgan fingerprint density at radius 3 is 2.40 bits per heavy atom. The molecule has 1 atom stereocenters. The van der Waals surface area contributed by atoms with Crippen molar-refractivity contribution in [3.63, 3.8) is 0 Å². The highest BCUT2D eigenvalue weighted by Gasteiger charge is 2.43. The fraction of sp³-hybridized carbons (Fsp3) is 0.600. The molecule has 162 valence electrons. The number of hydrogen-bond donors (Lipinski definition) is 2. The SMILES string of the molecule is CC(NC(=O)/C(C#N)=C\N1C(C)(C)CC(N)CC1(C)C)c1ccc2c(c1)CCCC2. The van der Waals surface area contributed by atoms with Crippen molar-refractivity contribution in [1.82, 2.24) is 10.2 Å². The Balaban J connectivity index is 1.78. The standard InChI is InChI=1S/C25H36N4O/c1-17(19-11-10-18-8-6-7-9-20(18)12-19)28-23(30)21(15-26)16-29-24(2,3)13-22(27)14-25(29,4)5/h10-12,16-17,22H,6-9,13-14,27H2,1-5H3,(H,28,30)/b21-16-. The second kappa shape index (κ2) is 8.43. The van der Waals surface area contributed by atoms with Gasteiger partial charge in [0.1, 0.15) is 11.6 Å². The number of amides is 1. The Bertz CT molecular complexity index is 860. The van der Waals surface area contributed by atoms with Gasteiger partial charge in [0, 0.05) is 23.3 Å². The number of rotatable bonds is 4. The summed E-state index contributed by atoms with van der Waals surface area (Å²) in [4.78, 5) is 15.1. The highest BCUT2D eigenvalue weighted by atomic mass is 16.1. The third-order valence-electron chi connectivity index (χ3n) is 6.67. The van der Waals surface area contributed by atoms with Gasteiger partial charge in [0.25, 0.3) is 5.91 Å². The molecule has 3 rings (SSSR count). The van der Waals surface area contributed by atoms with E-state index in [2.05, 4.69) is 62.2 Å². The van der Waals surface area contributed by atoms with Gasteiger partial charge in [-0.05, 0) is 89.8 Å². The van der Waals surface area contributed by atoms with Crippen LogP contribution in [-0.2, 0) is 17.6 Å². The van der Waals surface area contributed by atoms with E-state index in [1.807, 2.05) is 6.92 Å². The van der Waals surface area contributed by atoms with Gasteiger partial charge in [-0.25, -0.2) is 0 Å². The van der Waals surface area contributed by atoms with Gasteiger partial charge in [0.15, 0.2) is 0 Å². The maximum Gasteiger partial charge on any atom is 0.263 e. The average Bonchev–Trinajstić information content (AvgIpc) is 2.65. The largest absolute Gasteiger partial charge is 0.366 e. The summed E-state index contributed by atoms with van der Waals surface area (Å²) in [5, 5.41) is 12.8. The molecule has 1 aliphatic carbocycles. The summed E-state index contributed by atoms with van der Waals surface area (Å²) in [7, 11) is 0. The first kappa shape index (κ1) is 22.4. The quantitative estimate of drug-likeness (QED) is 0.580. The van der Waals surface area contributed by atoms with E-state index in [0.29, 0.717) is 0 Å². The lowest BCUT2D eigenvalue weighted by Gasteiger charge is -2.54. The normalized spacial score (nSPS) is 22.0. The van der Waals surface area contributed by atoms with Crippen LogP contribution in [0.4, 0.5) is 0 Å².